The third-order valence-electron chi connectivity index (χ3n) is 6.01. The van der Waals surface area contributed by atoms with Crippen LogP contribution in [0.2, 0.25) is 0 Å². The van der Waals surface area contributed by atoms with Crippen molar-refractivity contribution in [2.75, 3.05) is 0 Å². The Balaban J connectivity index is 1.46. The molecule has 2 aliphatic rings. The van der Waals surface area contributed by atoms with E-state index < -0.39 is 8.33 Å². The van der Waals surface area contributed by atoms with Crippen LogP contribution in [0.15, 0.2) is 103 Å². The van der Waals surface area contributed by atoms with Crippen molar-refractivity contribution in [3.05, 3.63) is 103 Å². The van der Waals surface area contributed by atoms with Gasteiger partial charge < -0.3 is 0 Å². The van der Waals surface area contributed by atoms with E-state index in [-0.39, 0.29) is 0 Å². The Labute approximate surface area is 179 Å². The molecule has 0 aromatic heterocycles. The van der Waals surface area contributed by atoms with Crippen molar-refractivity contribution >= 4 is 35.1 Å². The van der Waals surface area contributed by atoms with Gasteiger partial charge in [-0.25, -0.2) is 0 Å². The first kappa shape index (κ1) is 16.8. The van der Waals surface area contributed by atoms with E-state index in [2.05, 4.69) is 24.3 Å². The molecule has 150 valence electrons. The molecule has 4 nitrogen and oxygen atoms in total. The molecular weight excluding hydrogens is 404 g/mol. The van der Waals surface area contributed by atoms with E-state index in [1.165, 1.54) is 0 Å². The number of hydrogen-bond donors (Lipinski definition) is 0. The number of hydrogen-bond acceptors (Lipinski definition) is 4. The van der Waals surface area contributed by atoms with Crippen LogP contribution in [0.4, 0.5) is 0 Å². The fraction of sp³-hybridized carbons (Fsp3) is 0. The third kappa shape index (κ3) is 2.24. The Kier molecular flexibility index (Phi) is 3.03. The van der Waals surface area contributed by atoms with E-state index in [0.29, 0.717) is 23.0 Å². The molecule has 31 heavy (non-hydrogen) atoms. The predicted molar refractivity (Wildman–Crippen MR) is 122 cm³/mol. The van der Waals surface area contributed by atoms with Crippen LogP contribution in [-0.4, -0.2) is 8.33 Å². The first-order chi connectivity index (χ1) is 15.2. The average Bonchev–Trinajstić information content (AvgIpc) is 3.30. The quantitative estimate of drug-likeness (QED) is 0.333. The van der Waals surface area contributed by atoms with Crippen LogP contribution in [-0.2, 0) is 0 Å². The molecule has 0 amide bonds. The van der Waals surface area contributed by atoms with E-state index in [1.807, 2.05) is 78.9 Å². The molecule has 2 aliphatic heterocycles. The van der Waals surface area contributed by atoms with E-state index >= 15 is 0 Å². The van der Waals surface area contributed by atoms with Crippen molar-refractivity contribution in [2.24, 2.45) is 0 Å². The molecule has 2 heterocycles. The summed E-state index contributed by atoms with van der Waals surface area (Å²) < 4.78 is 26.5. The molecule has 1 spiro atoms. The van der Waals surface area contributed by atoms with Crippen molar-refractivity contribution in [2.45, 2.75) is 0 Å². The summed E-state index contributed by atoms with van der Waals surface area (Å²) >= 11 is 0. The summed E-state index contributed by atoms with van der Waals surface area (Å²) in [7, 11) is -4.54. The van der Waals surface area contributed by atoms with Gasteiger partial charge in [0, 0.05) is 0 Å². The van der Waals surface area contributed by atoms with Gasteiger partial charge in [0.1, 0.15) is 0 Å². The summed E-state index contributed by atoms with van der Waals surface area (Å²) in [6.07, 6.45) is 0. The van der Waals surface area contributed by atoms with Gasteiger partial charge in [0.25, 0.3) is 0 Å². The SMILES string of the molecule is c1ccc([Si-]23(Oc4cc5ccccc5cc4O2)Oc2cc4ccccc4cc2O3)cc1. The summed E-state index contributed by atoms with van der Waals surface area (Å²) in [6.45, 7) is 0. The van der Waals surface area contributed by atoms with Crippen LogP contribution in [0.3, 0.4) is 0 Å². The van der Waals surface area contributed by atoms with Crippen LogP contribution >= 0.6 is 0 Å². The Bertz CT molecular complexity index is 1320. The molecule has 5 aromatic rings. The van der Waals surface area contributed by atoms with Gasteiger partial charge in [-0.05, 0) is 0 Å². The van der Waals surface area contributed by atoms with Gasteiger partial charge in [0.15, 0.2) is 0 Å². The van der Waals surface area contributed by atoms with Crippen molar-refractivity contribution in [1.29, 1.82) is 0 Å². The van der Waals surface area contributed by atoms with Crippen LogP contribution in [0.1, 0.15) is 0 Å². The fourth-order valence-electron chi connectivity index (χ4n) is 4.55. The molecule has 0 saturated heterocycles. The van der Waals surface area contributed by atoms with Crippen LogP contribution in [0, 0.1) is 0 Å². The van der Waals surface area contributed by atoms with E-state index in [1.54, 1.807) is 0 Å². The first-order valence-electron chi connectivity index (χ1n) is 10.3. The summed E-state index contributed by atoms with van der Waals surface area (Å²) in [5.41, 5.74) is 0. The standard InChI is InChI=1S/C26H17O4Si/c1-2-12-22(13-3-1)31(27-23-14-18-8-4-5-9-19(18)15-24(23)28-31)29-25-16-20-10-6-7-11-21(20)17-26(25)30-31/h1-17H/q-1. The van der Waals surface area contributed by atoms with Gasteiger partial charge >= 0.3 is 179 Å². The zero-order chi connectivity index (χ0) is 20.5. The van der Waals surface area contributed by atoms with Gasteiger partial charge in [-0.3, -0.25) is 0 Å². The zero-order valence-corrected chi connectivity index (χ0v) is 17.4. The Hall–Kier alpha value is -3.96. The monoisotopic (exact) mass is 421 g/mol. The second-order valence-electron chi connectivity index (χ2n) is 7.97. The second-order valence-corrected chi connectivity index (χ2v) is 11.2. The summed E-state index contributed by atoms with van der Waals surface area (Å²) in [5.74, 6) is 2.53. The Morgan fingerprint density at radius 2 is 0.710 bits per heavy atom. The van der Waals surface area contributed by atoms with Gasteiger partial charge in [-0.15, -0.1) is 0 Å². The van der Waals surface area contributed by atoms with E-state index in [0.717, 1.165) is 26.7 Å². The second kappa shape index (κ2) is 5.59. The van der Waals surface area contributed by atoms with Gasteiger partial charge in [0.2, 0.25) is 0 Å². The minimum atomic E-state index is -4.54. The molecule has 0 radical (unpaired) electrons. The Morgan fingerprint density at radius 3 is 1.06 bits per heavy atom. The molecule has 7 rings (SSSR count). The summed E-state index contributed by atoms with van der Waals surface area (Å²) in [6, 6.07) is 34.0. The molecule has 0 unspecified atom stereocenters. The normalized spacial score (nSPS) is 18.1. The van der Waals surface area contributed by atoms with Crippen molar-refractivity contribution in [3.8, 4) is 23.0 Å². The van der Waals surface area contributed by atoms with E-state index in [9.17, 15) is 0 Å². The van der Waals surface area contributed by atoms with Crippen molar-refractivity contribution in [1.82, 2.24) is 0 Å². The van der Waals surface area contributed by atoms with Crippen molar-refractivity contribution in [3.63, 3.8) is 0 Å². The molecule has 0 atom stereocenters. The Morgan fingerprint density at radius 1 is 0.387 bits per heavy atom. The molecule has 0 bridgehead atoms. The predicted octanol–water partition coefficient (Wildman–Crippen LogP) is 5.53. The first-order valence-corrected chi connectivity index (χ1v) is 12.4. The minimum absolute atomic E-state index is 0.633. The molecule has 0 fully saturated rings. The van der Waals surface area contributed by atoms with Gasteiger partial charge in [-0.2, -0.15) is 0 Å². The van der Waals surface area contributed by atoms with E-state index in [4.69, 9.17) is 17.7 Å². The fourth-order valence-corrected chi connectivity index (χ4v) is 8.16. The zero-order valence-electron chi connectivity index (χ0n) is 16.4. The van der Waals surface area contributed by atoms with Crippen molar-refractivity contribution < 1.29 is 17.7 Å². The topological polar surface area (TPSA) is 36.9 Å². The van der Waals surface area contributed by atoms with Crippen LogP contribution < -0.4 is 22.9 Å². The number of benzene rings is 5. The molecular formula is C26H17O4Si-. The number of rotatable bonds is 1. The maximum atomic E-state index is 6.63. The average molecular weight is 422 g/mol. The molecule has 5 aromatic carbocycles. The van der Waals surface area contributed by atoms with Crippen LogP contribution in [0.5, 0.6) is 23.0 Å². The third-order valence-corrected chi connectivity index (χ3v) is 9.58. The van der Waals surface area contributed by atoms with Gasteiger partial charge in [-0.1, -0.05) is 0 Å². The molecule has 0 aliphatic carbocycles. The molecule has 0 saturated carbocycles. The molecule has 5 heteroatoms. The molecule has 0 N–H and O–H groups in total. The van der Waals surface area contributed by atoms with Crippen LogP contribution in [0.25, 0.3) is 21.5 Å². The van der Waals surface area contributed by atoms with Gasteiger partial charge in [0.05, 0.1) is 0 Å². The number of fused-ring (bicyclic) bond motifs is 4. The maximum absolute atomic E-state index is 6.63. The summed E-state index contributed by atoms with van der Waals surface area (Å²) in [5, 5.41) is 5.05. The summed E-state index contributed by atoms with van der Waals surface area (Å²) in [4.78, 5) is 0.